The summed E-state index contributed by atoms with van der Waals surface area (Å²) in [5, 5.41) is 6.73. The maximum Gasteiger partial charge on any atom is 0.459 e. The molecular formula is C44H58F2N7O7P. The number of rotatable bonds is 15. The molecule has 0 aliphatic carbocycles. The third kappa shape index (κ3) is 10.8. The zero-order valence-electron chi connectivity index (χ0n) is 36.1. The fraction of sp³-hybridized carbons (Fsp3) is 0.545. The SMILES string of the molecule is C#Cc1c(F)ccc2cc(OP(=O)(N[C@@H](C)C(=O)OC(C)C)OC(C)C)cc(N3CCc4c(nc(OC[C@]5(C)C[C@@H](F)CN5C)nc4N4CCCCC(NC(=O)C=C)C4)C3)c12. The van der Waals surface area contributed by atoms with Crippen LogP contribution in [0.25, 0.3) is 10.8 Å². The Kier molecular flexibility index (Phi) is 14.3. The molecule has 2 N–H and O–H groups in total. The van der Waals surface area contributed by atoms with Gasteiger partial charge in [-0.2, -0.15) is 15.1 Å². The van der Waals surface area contributed by atoms with Crippen LogP contribution in [0.1, 0.15) is 84.0 Å². The zero-order valence-corrected chi connectivity index (χ0v) is 37.0. The van der Waals surface area contributed by atoms with E-state index >= 15 is 4.39 Å². The number of amides is 1. The molecular weight excluding hydrogens is 807 g/mol. The van der Waals surface area contributed by atoms with Gasteiger partial charge in [-0.1, -0.05) is 18.6 Å². The summed E-state index contributed by atoms with van der Waals surface area (Å²) in [5.41, 5.74) is 1.50. The number of nitrogens with zero attached hydrogens (tertiary/aromatic N) is 5. The number of carbonyl (C=O) groups is 2. The molecule has 1 aromatic heterocycles. The summed E-state index contributed by atoms with van der Waals surface area (Å²) < 4.78 is 68.0. The van der Waals surface area contributed by atoms with E-state index in [0.29, 0.717) is 67.0 Å². The van der Waals surface area contributed by atoms with Gasteiger partial charge in [-0.3, -0.25) is 19.0 Å². The maximum atomic E-state index is 15.5. The molecule has 6 rings (SSSR count). The number of nitrogens with one attached hydrogen (secondary N) is 2. The maximum absolute atomic E-state index is 15.5. The van der Waals surface area contributed by atoms with Crippen LogP contribution in [0, 0.1) is 18.2 Å². The number of halogens is 2. The fourth-order valence-corrected chi connectivity index (χ4v) is 9.86. The number of hydrogen-bond donors (Lipinski definition) is 2. The first-order valence-electron chi connectivity index (χ1n) is 20.9. The topological polar surface area (TPSA) is 148 Å². The number of terminal acetylenes is 1. The minimum absolute atomic E-state index is 0.0410. The molecule has 0 spiro atoms. The van der Waals surface area contributed by atoms with Crippen molar-refractivity contribution in [2.45, 2.75) is 116 Å². The van der Waals surface area contributed by atoms with Crippen LogP contribution in [0.4, 0.5) is 20.3 Å². The van der Waals surface area contributed by atoms with E-state index < -0.39 is 49.5 Å². The van der Waals surface area contributed by atoms with Crippen LogP contribution in [-0.2, 0) is 36.4 Å². The summed E-state index contributed by atoms with van der Waals surface area (Å²) in [7, 11) is -2.36. The smallest absolute Gasteiger partial charge is 0.459 e. The molecule has 0 saturated carbocycles. The van der Waals surface area contributed by atoms with Gasteiger partial charge >= 0.3 is 19.7 Å². The highest BCUT2D eigenvalue weighted by Gasteiger charge is 2.41. The van der Waals surface area contributed by atoms with Gasteiger partial charge in [-0.15, -0.1) is 6.42 Å². The number of alkyl halides is 1. The van der Waals surface area contributed by atoms with Crippen LogP contribution in [0.5, 0.6) is 11.8 Å². The Morgan fingerprint density at radius 1 is 1.11 bits per heavy atom. The van der Waals surface area contributed by atoms with E-state index in [1.54, 1.807) is 45.9 Å². The van der Waals surface area contributed by atoms with Crippen molar-refractivity contribution in [3.8, 4) is 24.1 Å². The van der Waals surface area contributed by atoms with Crippen molar-refractivity contribution < 1.29 is 41.5 Å². The van der Waals surface area contributed by atoms with Crippen molar-refractivity contribution in [3.05, 3.63) is 59.6 Å². The molecule has 14 nitrogen and oxygen atoms in total. The predicted molar refractivity (Wildman–Crippen MR) is 231 cm³/mol. The number of likely N-dealkylation sites (N-methyl/N-ethyl adjacent to an activating group) is 1. The largest absolute Gasteiger partial charge is 0.462 e. The van der Waals surface area contributed by atoms with E-state index in [-0.39, 0.29) is 42.4 Å². The van der Waals surface area contributed by atoms with Crippen LogP contribution < -0.4 is 29.5 Å². The van der Waals surface area contributed by atoms with Crippen molar-refractivity contribution in [1.29, 1.82) is 0 Å². The fourth-order valence-electron chi connectivity index (χ4n) is 8.19. The molecule has 2 fully saturated rings. The summed E-state index contributed by atoms with van der Waals surface area (Å²) in [4.78, 5) is 41.2. The van der Waals surface area contributed by atoms with Gasteiger partial charge in [0.15, 0.2) is 0 Å². The molecule has 0 radical (unpaired) electrons. The lowest BCUT2D eigenvalue weighted by atomic mass is 9.98. The molecule has 330 valence electrons. The Morgan fingerprint density at radius 3 is 2.56 bits per heavy atom. The summed E-state index contributed by atoms with van der Waals surface area (Å²) in [6, 6.07) is 5.01. The lowest BCUT2D eigenvalue weighted by molar-refractivity contribution is -0.149. The number of fused-ring (bicyclic) bond motifs is 2. The van der Waals surface area contributed by atoms with Crippen molar-refractivity contribution in [2.24, 2.45) is 0 Å². The second-order valence-corrected chi connectivity index (χ2v) is 18.6. The van der Waals surface area contributed by atoms with Crippen LogP contribution in [0.2, 0.25) is 0 Å². The number of esters is 1. The van der Waals surface area contributed by atoms with Crippen LogP contribution >= 0.6 is 7.75 Å². The van der Waals surface area contributed by atoms with Crippen LogP contribution in [0.15, 0.2) is 36.9 Å². The van der Waals surface area contributed by atoms with Gasteiger partial charge in [0, 0.05) is 55.7 Å². The van der Waals surface area contributed by atoms with Gasteiger partial charge in [0.05, 0.1) is 41.2 Å². The number of likely N-dealkylation sites (tertiary alicyclic amines) is 1. The summed E-state index contributed by atoms with van der Waals surface area (Å²) in [6.45, 7) is 16.2. The number of anilines is 2. The Balaban J connectivity index is 1.41. The Labute approximate surface area is 357 Å². The highest BCUT2D eigenvalue weighted by Crippen LogP contribution is 2.48. The molecule has 3 aliphatic heterocycles. The van der Waals surface area contributed by atoms with E-state index in [4.69, 9.17) is 34.9 Å². The van der Waals surface area contributed by atoms with Gasteiger partial charge in [0.2, 0.25) is 5.91 Å². The van der Waals surface area contributed by atoms with Crippen LogP contribution in [-0.4, -0.2) is 103 Å². The molecule has 3 aromatic rings. The van der Waals surface area contributed by atoms with Gasteiger partial charge < -0.3 is 29.1 Å². The summed E-state index contributed by atoms with van der Waals surface area (Å²) in [5.74, 6) is 1.86. The van der Waals surface area contributed by atoms with E-state index in [1.165, 1.54) is 19.1 Å². The summed E-state index contributed by atoms with van der Waals surface area (Å²) >= 11 is 0. The molecule has 1 amide bonds. The second-order valence-electron chi connectivity index (χ2n) is 16.9. The Bertz CT molecular complexity index is 2220. The average Bonchev–Trinajstić information content (AvgIpc) is 3.30. The van der Waals surface area contributed by atoms with E-state index in [2.05, 4.69) is 27.8 Å². The van der Waals surface area contributed by atoms with E-state index in [9.17, 15) is 18.5 Å². The lowest BCUT2D eigenvalue weighted by Crippen LogP contribution is -2.44. The minimum Gasteiger partial charge on any atom is -0.462 e. The van der Waals surface area contributed by atoms with E-state index in [1.807, 2.05) is 23.8 Å². The van der Waals surface area contributed by atoms with Gasteiger partial charge in [-0.25, -0.2) is 13.3 Å². The molecule has 3 aliphatic rings. The first kappa shape index (κ1) is 45.7. The quantitative estimate of drug-likeness (QED) is 0.0730. The zero-order chi connectivity index (χ0) is 44.2. The Morgan fingerprint density at radius 2 is 1.89 bits per heavy atom. The molecule has 2 unspecified atom stereocenters. The normalized spacial score (nSPS) is 22.3. The molecule has 17 heteroatoms. The second kappa shape index (κ2) is 19.1. The van der Waals surface area contributed by atoms with E-state index in [0.717, 1.165) is 24.8 Å². The number of aromatic nitrogens is 2. The third-order valence-electron chi connectivity index (χ3n) is 11.2. The van der Waals surface area contributed by atoms with Crippen LogP contribution in [0.3, 0.4) is 0 Å². The number of carbonyl (C=O) groups excluding carboxylic acids is 2. The first-order chi connectivity index (χ1) is 28.9. The first-order valence-corrected chi connectivity index (χ1v) is 22.4. The van der Waals surface area contributed by atoms with Crippen molar-refractivity contribution in [2.75, 3.05) is 49.6 Å². The predicted octanol–water partition coefficient (Wildman–Crippen LogP) is 6.63. The highest BCUT2D eigenvalue weighted by molar-refractivity contribution is 7.52. The molecule has 2 aromatic carbocycles. The van der Waals surface area contributed by atoms with Crippen molar-refractivity contribution in [1.82, 2.24) is 25.3 Å². The summed E-state index contributed by atoms with van der Waals surface area (Å²) in [6.07, 6.45) is 8.61. The van der Waals surface area contributed by atoms with Crippen molar-refractivity contribution >= 4 is 41.9 Å². The monoisotopic (exact) mass is 865 g/mol. The van der Waals surface area contributed by atoms with Gasteiger partial charge in [-0.05, 0) is 97.9 Å². The number of ether oxygens (including phenoxy) is 2. The van der Waals surface area contributed by atoms with Gasteiger partial charge in [0.25, 0.3) is 0 Å². The van der Waals surface area contributed by atoms with Gasteiger partial charge in [0.1, 0.15) is 36.2 Å². The average molecular weight is 866 g/mol. The molecule has 2 saturated heterocycles. The lowest BCUT2D eigenvalue weighted by Gasteiger charge is -2.35. The molecule has 5 atom stereocenters. The van der Waals surface area contributed by atoms with Crippen molar-refractivity contribution in [3.63, 3.8) is 0 Å². The molecule has 61 heavy (non-hydrogen) atoms. The standard InChI is InChI=1S/C44H58F2N7O7P/c1-10-34-36(46)16-15-30-20-33(60-61(56,59-28(5)6)50-29(7)42(55)58-27(3)4)21-38(40(30)34)52-19-17-35-37(25-52)48-43(57-26-44(8)22-31(45)23-51(44)9)49-41(35)53-18-13-12-14-32(24-53)47-39(54)11-2/h1,11,15-16,20-21,27-29,31-32H,2,12-14,17-19,22-26H2,3-9H3,(H,47,54)(H,50,56)/t29-,31+,32?,44-,61?/m0/s1. The number of benzene rings is 2. The third-order valence-corrected chi connectivity index (χ3v) is 13.1. The molecule has 4 heterocycles. The Hall–Kier alpha value is -4.81. The minimum atomic E-state index is -4.23. The molecule has 0 bridgehead atoms. The highest BCUT2D eigenvalue weighted by atomic mass is 31.2. The number of hydrogen-bond acceptors (Lipinski definition) is 12.